The number of alkyl halides is 3. The molecule has 4 nitrogen and oxygen atoms in total. The zero-order valence-electron chi connectivity index (χ0n) is 11.6. The van der Waals surface area contributed by atoms with Crippen molar-refractivity contribution in [2.75, 3.05) is 10.6 Å². The predicted octanol–water partition coefficient (Wildman–Crippen LogP) is 5.12. The van der Waals surface area contributed by atoms with E-state index in [-0.39, 0.29) is 17.8 Å². The molecule has 0 radical (unpaired) electrons. The van der Waals surface area contributed by atoms with Gasteiger partial charge in [0, 0.05) is 27.8 Å². The topological polar surface area (TPSA) is 49.8 Å². The summed E-state index contributed by atoms with van der Waals surface area (Å²) in [6.07, 6.45) is -2.77. The summed E-state index contributed by atoms with van der Waals surface area (Å²) in [6.45, 7) is 0. The molecule has 2 aromatic rings. The molecule has 9 heteroatoms. The molecule has 1 aromatic heterocycles. The highest BCUT2D eigenvalue weighted by Gasteiger charge is 2.34. The average Bonchev–Trinajstić information content (AvgIpc) is 3.20. The molecule has 0 spiro atoms. The van der Waals surface area contributed by atoms with Crippen LogP contribution in [0.15, 0.2) is 24.3 Å². The second-order valence-electron chi connectivity index (χ2n) is 5.16. The van der Waals surface area contributed by atoms with Gasteiger partial charge in [-0.1, -0.05) is 23.2 Å². The summed E-state index contributed by atoms with van der Waals surface area (Å²) in [4.78, 5) is 7.58. The third kappa shape index (κ3) is 4.39. The molecule has 1 saturated carbocycles. The van der Waals surface area contributed by atoms with Gasteiger partial charge < -0.3 is 10.6 Å². The van der Waals surface area contributed by atoms with Gasteiger partial charge in [0.2, 0.25) is 5.95 Å². The van der Waals surface area contributed by atoms with E-state index in [4.69, 9.17) is 23.2 Å². The molecule has 122 valence electrons. The quantitative estimate of drug-likeness (QED) is 0.792. The van der Waals surface area contributed by atoms with Crippen LogP contribution in [0.1, 0.15) is 18.5 Å². The average molecular weight is 363 g/mol. The first-order valence-electron chi connectivity index (χ1n) is 6.75. The van der Waals surface area contributed by atoms with Gasteiger partial charge in [-0.2, -0.15) is 18.2 Å². The number of rotatable bonds is 4. The molecule has 23 heavy (non-hydrogen) atoms. The Morgan fingerprint density at radius 1 is 1.00 bits per heavy atom. The van der Waals surface area contributed by atoms with E-state index in [0.29, 0.717) is 15.7 Å². The van der Waals surface area contributed by atoms with Gasteiger partial charge in [-0.3, -0.25) is 0 Å². The van der Waals surface area contributed by atoms with Gasteiger partial charge in [0.05, 0.1) is 0 Å². The minimum absolute atomic E-state index is 0.00816. The van der Waals surface area contributed by atoms with Gasteiger partial charge in [-0.15, -0.1) is 0 Å². The molecule has 3 rings (SSSR count). The first-order chi connectivity index (χ1) is 10.8. The van der Waals surface area contributed by atoms with Crippen LogP contribution in [0.5, 0.6) is 0 Å². The van der Waals surface area contributed by atoms with E-state index in [9.17, 15) is 13.2 Å². The predicted molar refractivity (Wildman–Crippen MR) is 83.4 cm³/mol. The lowest BCUT2D eigenvalue weighted by molar-refractivity contribution is -0.141. The molecule has 0 aliphatic heterocycles. The van der Waals surface area contributed by atoms with Crippen LogP contribution in [0, 0.1) is 0 Å². The molecule has 0 unspecified atom stereocenters. The fourth-order valence-electron chi connectivity index (χ4n) is 1.91. The summed E-state index contributed by atoms with van der Waals surface area (Å²) >= 11 is 11.8. The van der Waals surface area contributed by atoms with Gasteiger partial charge in [0.15, 0.2) is 5.69 Å². The molecule has 1 aromatic carbocycles. The molecule has 0 amide bonds. The van der Waals surface area contributed by atoms with Gasteiger partial charge in [-0.25, -0.2) is 4.98 Å². The molecule has 0 bridgehead atoms. The second-order valence-corrected chi connectivity index (χ2v) is 6.03. The second kappa shape index (κ2) is 6.05. The van der Waals surface area contributed by atoms with Crippen LogP contribution in [0.25, 0.3) is 0 Å². The fraction of sp³-hybridized carbons (Fsp3) is 0.286. The van der Waals surface area contributed by atoms with Crippen LogP contribution in [0.2, 0.25) is 10.0 Å². The third-order valence-electron chi connectivity index (χ3n) is 3.06. The summed E-state index contributed by atoms with van der Waals surface area (Å²) in [5.41, 5.74) is -0.585. The van der Waals surface area contributed by atoms with Crippen molar-refractivity contribution in [3.8, 4) is 0 Å². The Hall–Kier alpha value is -1.73. The molecular formula is C14H11Cl2F3N4. The van der Waals surface area contributed by atoms with Crippen molar-refractivity contribution < 1.29 is 13.2 Å². The van der Waals surface area contributed by atoms with Crippen LogP contribution in [-0.4, -0.2) is 16.0 Å². The van der Waals surface area contributed by atoms with Crippen molar-refractivity contribution in [1.29, 1.82) is 0 Å². The minimum atomic E-state index is -4.56. The Kier molecular flexibility index (Phi) is 4.25. The highest BCUT2D eigenvalue weighted by molar-refractivity contribution is 6.35. The summed E-state index contributed by atoms with van der Waals surface area (Å²) in [5.74, 6) is -0.0493. The van der Waals surface area contributed by atoms with Crippen molar-refractivity contribution >= 4 is 40.7 Å². The van der Waals surface area contributed by atoms with Crippen molar-refractivity contribution in [1.82, 2.24) is 9.97 Å². The minimum Gasteiger partial charge on any atom is -0.351 e. The Balaban J connectivity index is 1.92. The maximum Gasteiger partial charge on any atom is 0.433 e. The Morgan fingerprint density at radius 3 is 2.22 bits per heavy atom. The number of hydrogen-bond donors (Lipinski definition) is 2. The van der Waals surface area contributed by atoms with Gasteiger partial charge in [-0.05, 0) is 31.0 Å². The van der Waals surface area contributed by atoms with Gasteiger partial charge in [0.1, 0.15) is 5.82 Å². The molecule has 1 fully saturated rings. The summed E-state index contributed by atoms with van der Waals surface area (Å²) < 4.78 is 38.9. The summed E-state index contributed by atoms with van der Waals surface area (Å²) in [5, 5.41) is 6.36. The standard InChI is InChI=1S/C14H11Cl2F3N4/c15-7-3-8(16)5-10(4-7)20-12-6-11(14(17,18)19)22-13(23-12)21-9-1-2-9/h3-6,9H,1-2H2,(H2,20,21,22,23). The number of nitrogens with zero attached hydrogens (tertiary/aromatic N) is 2. The van der Waals surface area contributed by atoms with Crippen molar-refractivity contribution in [3.05, 3.63) is 40.0 Å². The van der Waals surface area contributed by atoms with E-state index in [1.165, 1.54) is 18.2 Å². The first-order valence-corrected chi connectivity index (χ1v) is 7.51. The highest BCUT2D eigenvalue weighted by Crippen LogP contribution is 2.32. The number of halogens is 5. The zero-order chi connectivity index (χ0) is 16.6. The molecule has 1 aliphatic carbocycles. The molecule has 1 heterocycles. The lowest BCUT2D eigenvalue weighted by Crippen LogP contribution is -2.14. The smallest absolute Gasteiger partial charge is 0.351 e. The van der Waals surface area contributed by atoms with Crippen LogP contribution in [-0.2, 0) is 6.18 Å². The number of anilines is 3. The number of hydrogen-bond acceptors (Lipinski definition) is 4. The lowest BCUT2D eigenvalue weighted by Gasteiger charge is -2.13. The monoisotopic (exact) mass is 362 g/mol. The van der Waals surface area contributed by atoms with E-state index in [0.717, 1.165) is 18.9 Å². The Morgan fingerprint density at radius 2 is 1.65 bits per heavy atom. The van der Waals surface area contributed by atoms with Crippen LogP contribution >= 0.6 is 23.2 Å². The maximum absolute atomic E-state index is 13.0. The van der Waals surface area contributed by atoms with Crippen LogP contribution in [0.4, 0.5) is 30.6 Å². The fourth-order valence-corrected chi connectivity index (χ4v) is 2.43. The van der Waals surface area contributed by atoms with E-state index in [1.54, 1.807) is 0 Å². The first kappa shape index (κ1) is 16.1. The summed E-state index contributed by atoms with van der Waals surface area (Å²) in [6, 6.07) is 5.57. The van der Waals surface area contributed by atoms with Crippen molar-refractivity contribution in [2.45, 2.75) is 25.1 Å². The van der Waals surface area contributed by atoms with Crippen molar-refractivity contribution in [2.24, 2.45) is 0 Å². The van der Waals surface area contributed by atoms with Gasteiger partial charge in [0.25, 0.3) is 0 Å². The van der Waals surface area contributed by atoms with E-state index < -0.39 is 11.9 Å². The molecule has 1 aliphatic rings. The highest BCUT2D eigenvalue weighted by atomic mass is 35.5. The number of aromatic nitrogens is 2. The van der Waals surface area contributed by atoms with E-state index in [1.807, 2.05) is 0 Å². The summed E-state index contributed by atoms with van der Waals surface area (Å²) in [7, 11) is 0. The number of nitrogens with one attached hydrogen (secondary N) is 2. The normalized spacial score (nSPS) is 14.7. The van der Waals surface area contributed by atoms with E-state index in [2.05, 4.69) is 20.6 Å². The van der Waals surface area contributed by atoms with Gasteiger partial charge >= 0.3 is 6.18 Å². The largest absolute Gasteiger partial charge is 0.433 e. The molecule has 0 atom stereocenters. The Labute approximate surface area is 140 Å². The maximum atomic E-state index is 13.0. The van der Waals surface area contributed by atoms with Crippen LogP contribution in [0.3, 0.4) is 0 Å². The molecular weight excluding hydrogens is 352 g/mol. The Bertz CT molecular complexity index is 712. The zero-order valence-corrected chi connectivity index (χ0v) is 13.1. The lowest BCUT2D eigenvalue weighted by atomic mass is 10.3. The third-order valence-corrected chi connectivity index (χ3v) is 3.50. The van der Waals surface area contributed by atoms with Crippen LogP contribution < -0.4 is 10.6 Å². The van der Waals surface area contributed by atoms with E-state index >= 15 is 0 Å². The van der Waals surface area contributed by atoms with Crippen molar-refractivity contribution in [3.63, 3.8) is 0 Å². The SMILES string of the molecule is FC(F)(F)c1cc(Nc2cc(Cl)cc(Cl)c2)nc(NC2CC2)n1. The number of benzene rings is 1. The molecule has 0 saturated heterocycles. The molecule has 2 N–H and O–H groups in total.